The van der Waals surface area contributed by atoms with E-state index in [1.54, 1.807) is 4.90 Å². The summed E-state index contributed by atoms with van der Waals surface area (Å²) in [5.41, 5.74) is -0.532. The Balaban J connectivity index is 2.62. The normalized spacial score (nSPS) is 19.8. The van der Waals surface area contributed by atoms with Gasteiger partial charge in [-0.15, -0.1) is 0 Å². The molecule has 2 amide bonds. The molecule has 6 heteroatoms. The molecule has 0 spiro atoms. The molecule has 1 aliphatic rings. The molecule has 1 atom stereocenters. The molecule has 0 saturated carbocycles. The van der Waals surface area contributed by atoms with Crippen molar-refractivity contribution >= 4 is 12.2 Å². The lowest BCUT2D eigenvalue weighted by atomic mass is 10.2. The number of likely N-dealkylation sites (tertiary alicyclic amines) is 1. The third kappa shape index (κ3) is 3.78. The van der Waals surface area contributed by atoms with Crippen molar-refractivity contribution in [2.24, 2.45) is 0 Å². The third-order valence-corrected chi connectivity index (χ3v) is 2.84. The van der Waals surface area contributed by atoms with E-state index in [0.29, 0.717) is 26.1 Å². The number of carbonyl (C=O) groups is 2. The van der Waals surface area contributed by atoms with Gasteiger partial charge >= 0.3 is 12.2 Å². The van der Waals surface area contributed by atoms with E-state index in [-0.39, 0.29) is 12.1 Å². The van der Waals surface area contributed by atoms with Crippen LogP contribution in [0.25, 0.3) is 0 Å². The zero-order chi connectivity index (χ0) is 13.9. The molecule has 0 aromatic rings. The van der Waals surface area contributed by atoms with Gasteiger partial charge < -0.3 is 19.6 Å². The van der Waals surface area contributed by atoms with E-state index >= 15 is 0 Å². The first kappa shape index (κ1) is 14.6. The molecule has 0 aromatic carbocycles. The van der Waals surface area contributed by atoms with E-state index in [4.69, 9.17) is 9.84 Å². The summed E-state index contributed by atoms with van der Waals surface area (Å²) in [5.74, 6) is 0. The van der Waals surface area contributed by atoms with Crippen LogP contribution >= 0.6 is 0 Å². The Bertz CT molecular complexity index is 325. The molecule has 0 bridgehead atoms. The highest BCUT2D eigenvalue weighted by Crippen LogP contribution is 2.18. The Kier molecular flexibility index (Phi) is 4.43. The summed E-state index contributed by atoms with van der Waals surface area (Å²) in [6.45, 7) is 8.67. The lowest BCUT2D eigenvalue weighted by Gasteiger charge is -2.30. The average molecular weight is 258 g/mol. The van der Waals surface area contributed by atoms with Crippen LogP contribution in [0.4, 0.5) is 9.59 Å². The lowest BCUT2D eigenvalue weighted by molar-refractivity contribution is 0.0180. The van der Waals surface area contributed by atoms with Crippen LogP contribution in [0.15, 0.2) is 0 Å². The van der Waals surface area contributed by atoms with Gasteiger partial charge in [0, 0.05) is 19.6 Å². The number of ether oxygens (including phenoxy) is 1. The van der Waals surface area contributed by atoms with Gasteiger partial charge in [-0.2, -0.15) is 0 Å². The summed E-state index contributed by atoms with van der Waals surface area (Å²) in [6, 6.07) is -0.0825. The molecular formula is C12H22N2O4. The van der Waals surface area contributed by atoms with Crippen LogP contribution in [0.5, 0.6) is 0 Å². The molecule has 0 aliphatic carbocycles. The quantitative estimate of drug-likeness (QED) is 0.822. The molecule has 1 rings (SSSR count). The minimum Gasteiger partial charge on any atom is -0.465 e. The highest BCUT2D eigenvalue weighted by molar-refractivity contribution is 5.69. The first-order valence-corrected chi connectivity index (χ1v) is 6.22. The summed E-state index contributed by atoms with van der Waals surface area (Å²) < 4.78 is 5.32. The number of hydrogen-bond acceptors (Lipinski definition) is 3. The van der Waals surface area contributed by atoms with Crippen molar-refractivity contribution < 1.29 is 19.4 Å². The maximum absolute atomic E-state index is 12.0. The van der Waals surface area contributed by atoms with Crippen LogP contribution in [-0.2, 0) is 4.74 Å². The Morgan fingerprint density at radius 1 is 1.44 bits per heavy atom. The first-order chi connectivity index (χ1) is 8.24. The van der Waals surface area contributed by atoms with Gasteiger partial charge in [0.05, 0.1) is 6.04 Å². The van der Waals surface area contributed by atoms with Crippen LogP contribution in [0, 0.1) is 0 Å². The van der Waals surface area contributed by atoms with Gasteiger partial charge in [0.1, 0.15) is 5.60 Å². The standard InChI is InChI=1S/C12H22N2O4/c1-5-14(11(17)18-12(2,3)4)9-6-7-13(8-9)10(15)16/h9H,5-8H2,1-4H3,(H,15,16). The van der Waals surface area contributed by atoms with Crippen molar-refractivity contribution in [3.05, 3.63) is 0 Å². The molecule has 1 saturated heterocycles. The number of likely N-dealkylation sites (N-methyl/N-ethyl adjacent to an activating group) is 1. The van der Waals surface area contributed by atoms with Gasteiger partial charge in [-0.1, -0.05) is 0 Å². The third-order valence-electron chi connectivity index (χ3n) is 2.84. The maximum Gasteiger partial charge on any atom is 0.410 e. The van der Waals surface area contributed by atoms with Gasteiger partial charge in [-0.3, -0.25) is 0 Å². The second-order valence-corrected chi connectivity index (χ2v) is 5.44. The predicted octanol–water partition coefficient (Wildman–Crippen LogP) is 2.00. The molecule has 1 heterocycles. The first-order valence-electron chi connectivity index (χ1n) is 6.22. The van der Waals surface area contributed by atoms with Gasteiger partial charge in [0.15, 0.2) is 0 Å². The van der Waals surface area contributed by atoms with Crippen LogP contribution in [0.3, 0.4) is 0 Å². The molecule has 1 aliphatic heterocycles. The minimum atomic E-state index is -0.933. The Morgan fingerprint density at radius 3 is 2.44 bits per heavy atom. The Hall–Kier alpha value is -1.46. The number of carbonyl (C=O) groups excluding carboxylic acids is 1. The molecule has 0 radical (unpaired) electrons. The van der Waals surface area contributed by atoms with Gasteiger partial charge in [-0.05, 0) is 34.1 Å². The summed E-state index contributed by atoms with van der Waals surface area (Å²) >= 11 is 0. The van der Waals surface area contributed by atoms with Crippen molar-refractivity contribution in [2.75, 3.05) is 19.6 Å². The molecule has 6 nitrogen and oxygen atoms in total. The van der Waals surface area contributed by atoms with Gasteiger partial charge in [0.2, 0.25) is 0 Å². The number of carboxylic acid groups (broad SMARTS) is 1. The maximum atomic E-state index is 12.0. The zero-order valence-corrected chi connectivity index (χ0v) is 11.5. The van der Waals surface area contributed by atoms with Crippen molar-refractivity contribution in [1.82, 2.24) is 9.80 Å². The van der Waals surface area contributed by atoms with Crippen molar-refractivity contribution in [2.45, 2.75) is 45.8 Å². The Labute approximate surface area is 107 Å². The fourth-order valence-corrected chi connectivity index (χ4v) is 2.03. The molecule has 18 heavy (non-hydrogen) atoms. The highest BCUT2D eigenvalue weighted by Gasteiger charge is 2.33. The topological polar surface area (TPSA) is 70.1 Å². The fourth-order valence-electron chi connectivity index (χ4n) is 2.03. The number of rotatable bonds is 2. The molecule has 104 valence electrons. The van der Waals surface area contributed by atoms with Crippen LogP contribution in [-0.4, -0.2) is 58.4 Å². The highest BCUT2D eigenvalue weighted by atomic mass is 16.6. The van der Waals surface area contributed by atoms with Crippen molar-refractivity contribution in [3.63, 3.8) is 0 Å². The zero-order valence-electron chi connectivity index (χ0n) is 11.5. The summed E-state index contributed by atoms with van der Waals surface area (Å²) in [7, 11) is 0. The molecular weight excluding hydrogens is 236 g/mol. The van der Waals surface area contributed by atoms with Crippen LogP contribution in [0.2, 0.25) is 0 Å². The number of amides is 2. The van der Waals surface area contributed by atoms with E-state index in [2.05, 4.69) is 0 Å². The van der Waals surface area contributed by atoms with E-state index in [1.165, 1.54) is 4.90 Å². The number of hydrogen-bond donors (Lipinski definition) is 1. The summed E-state index contributed by atoms with van der Waals surface area (Å²) in [6.07, 6.45) is -0.640. The van der Waals surface area contributed by atoms with Crippen LogP contribution < -0.4 is 0 Å². The van der Waals surface area contributed by atoms with E-state index in [9.17, 15) is 9.59 Å². The second kappa shape index (κ2) is 5.46. The average Bonchev–Trinajstić information content (AvgIpc) is 2.65. The lowest BCUT2D eigenvalue weighted by Crippen LogP contribution is -2.44. The SMILES string of the molecule is CCN(C(=O)OC(C)(C)C)C1CCN(C(=O)O)C1. The minimum absolute atomic E-state index is 0.0825. The molecule has 0 aromatic heterocycles. The van der Waals surface area contributed by atoms with Gasteiger partial charge in [0.25, 0.3) is 0 Å². The monoisotopic (exact) mass is 258 g/mol. The second-order valence-electron chi connectivity index (χ2n) is 5.44. The van der Waals surface area contributed by atoms with E-state index in [0.717, 1.165) is 0 Å². The van der Waals surface area contributed by atoms with E-state index in [1.807, 2.05) is 27.7 Å². The van der Waals surface area contributed by atoms with Crippen LogP contribution in [0.1, 0.15) is 34.1 Å². The molecule has 1 unspecified atom stereocenters. The fraction of sp³-hybridized carbons (Fsp3) is 0.833. The Morgan fingerprint density at radius 2 is 2.06 bits per heavy atom. The summed E-state index contributed by atoms with van der Waals surface area (Å²) in [5, 5.41) is 8.90. The molecule has 1 N–H and O–H groups in total. The summed E-state index contributed by atoms with van der Waals surface area (Å²) in [4.78, 5) is 25.8. The van der Waals surface area contributed by atoms with Crippen molar-refractivity contribution in [1.29, 1.82) is 0 Å². The van der Waals surface area contributed by atoms with Gasteiger partial charge in [-0.25, -0.2) is 9.59 Å². The predicted molar refractivity (Wildman–Crippen MR) is 66.6 cm³/mol. The number of nitrogens with zero attached hydrogens (tertiary/aromatic N) is 2. The largest absolute Gasteiger partial charge is 0.465 e. The van der Waals surface area contributed by atoms with Crippen molar-refractivity contribution in [3.8, 4) is 0 Å². The molecule has 1 fully saturated rings. The smallest absolute Gasteiger partial charge is 0.410 e. The van der Waals surface area contributed by atoms with E-state index < -0.39 is 11.7 Å².